The summed E-state index contributed by atoms with van der Waals surface area (Å²) in [5.41, 5.74) is 1.92. The molecule has 0 atom stereocenters. The smallest absolute Gasteiger partial charge is 0.320 e. The van der Waals surface area contributed by atoms with Crippen LogP contribution in [-0.2, 0) is 11.3 Å². The summed E-state index contributed by atoms with van der Waals surface area (Å²) >= 11 is 0. The van der Waals surface area contributed by atoms with Crippen molar-refractivity contribution in [3.63, 3.8) is 0 Å². The number of rotatable bonds is 3. The Bertz CT molecular complexity index is 719. The molecule has 2 aliphatic heterocycles. The summed E-state index contributed by atoms with van der Waals surface area (Å²) in [5, 5.41) is 4.17. The molecule has 7 nitrogen and oxygen atoms in total. The molecule has 0 aliphatic carbocycles. The highest BCUT2D eigenvalue weighted by atomic mass is 16.5. The number of urea groups is 1. The number of hydrogen-bond acceptors (Lipinski definition) is 5. The number of ether oxygens (including phenoxy) is 1. The van der Waals surface area contributed by atoms with Crippen LogP contribution in [0.1, 0.15) is 5.76 Å². The van der Waals surface area contributed by atoms with Crippen molar-refractivity contribution in [3.8, 4) is 11.3 Å². The minimum absolute atomic E-state index is 0.138. The number of hydrogen-bond donors (Lipinski definition) is 0. The van der Waals surface area contributed by atoms with Crippen molar-refractivity contribution in [2.45, 2.75) is 6.54 Å². The van der Waals surface area contributed by atoms with Crippen molar-refractivity contribution in [2.75, 3.05) is 52.5 Å². The van der Waals surface area contributed by atoms with Crippen LogP contribution in [0.3, 0.4) is 0 Å². The van der Waals surface area contributed by atoms with Crippen molar-refractivity contribution < 1.29 is 14.1 Å². The van der Waals surface area contributed by atoms with Crippen LogP contribution < -0.4 is 0 Å². The minimum Gasteiger partial charge on any atom is -0.378 e. The molecule has 0 spiro atoms. The molecule has 26 heavy (non-hydrogen) atoms. The number of aromatic nitrogens is 1. The Labute approximate surface area is 153 Å². The fraction of sp³-hybridized carbons (Fsp3) is 0.474. The molecule has 0 bridgehead atoms. The van der Waals surface area contributed by atoms with E-state index in [1.54, 1.807) is 0 Å². The maximum absolute atomic E-state index is 12.5. The van der Waals surface area contributed by atoms with E-state index in [4.69, 9.17) is 9.26 Å². The summed E-state index contributed by atoms with van der Waals surface area (Å²) in [6.07, 6.45) is 0. The third kappa shape index (κ3) is 3.89. The molecule has 0 radical (unpaired) electrons. The Kier molecular flexibility index (Phi) is 5.17. The maximum Gasteiger partial charge on any atom is 0.320 e. The zero-order valence-electron chi connectivity index (χ0n) is 14.8. The Morgan fingerprint density at radius 2 is 1.65 bits per heavy atom. The number of carbonyl (C=O) groups is 1. The minimum atomic E-state index is 0.138. The van der Waals surface area contributed by atoms with Crippen LogP contribution in [0.5, 0.6) is 0 Å². The van der Waals surface area contributed by atoms with Gasteiger partial charge in [0.25, 0.3) is 0 Å². The summed E-state index contributed by atoms with van der Waals surface area (Å²) in [7, 11) is 0. The molecule has 2 aliphatic rings. The topological polar surface area (TPSA) is 62.1 Å². The molecule has 0 saturated carbocycles. The lowest BCUT2D eigenvalue weighted by molar-refractivity contribution is 0.0368. The lowest BCUT2D eigenvalue weighted by Gasteiger charge is -2.38. The van der Waals surface area contributed by atoms with Gasteiger partial charge in [-0.3, -0.25) is 4.90 Å². The molecule has 138 valence electrons. The van der Waals surface area contributed by atoms with E-state index < -0.39 is 0 Å². The lowest BCUT2D eigenvalue weighted by atomic mass is 10.1. The second-order valence-electron chi connectivity index (χ2n) is 6.69. The van der Waals surface area contributed by atoms with Gasteiger partial charge in [-0.05, 0) is 0 Å². The van der Waals surface area contributed by atoms with E-state index in [0.29, 0.717) is 26.3 Å². The second kappa shape index (κ2) is 7.88. The Hall–Kier alpha value is -2.38. The molecular formula is C19H24N4O3. The van der Waals surface area contributed by atoms with Gasteiger partial charge < -0.3 is 19.1 Å². The van der Waals surface area contributed by atoms with Gasteiger partial charge in [-0.2, -0.15) is 0 Å². The monoisotopic (exact) mass is 356 g/mol. The standard InChI is InChI=1S/C19H24N4O3/c24-19(23-10-12-25-13-11-23)22-8-6-21(7-9-22)15-17-14-18(20-26-17)16-4-2-1-3-5-16/h1-5,14H,6-13,15H2. The largest absolute Gasteiger partial charge is 0.378 e. The van der Waals surface area contributed by atoms with E-state index in [1.807, 2.05) is 46.2 Å². The molecule has 0 unspecified atom stereocenters. The first kappa shape index (κ1) is 17.1. The van der Waals surface area contributed by atoms with Gasteiger partial charge >= 0.3 is 6.03 Å². The average molecular weight is 356 g/mol. The molecule has 2 fully saturated rings. The van der Waals surface area contributed by atoms with Gasteiger partial charge in [-0.1, -0.05) is 35.5 Å². The molecule has 1 aromatic carbocycles. The molecule has 7 heteroatoms. The SMILES string of the molecule is O=C(N1CCOCC1)N1CCN(Cc2cc(-c3ccccc3)no2)CC1. The first-order valence-electron chi connectivity index (χ1n) is 9.14. The second-order valence-corrected chi connectivity index (χ2v) is 6.69. The van der Waals surface area contributed by atoms with E-state index >= 15 is 0 Å². The molecule has 2 aromatic rings. The summed E-state index contributed by atoms with van der Waals surface area (Å²) in [6, 6.07) is 12.2. The van der Waals surface area contributed by atoms with Crippen LogP contribution in [0.4, 0.5) is 4.79 Å². The van der Waals surface area contributed by atoms with Gasteiger partial charge in [0.1, 0.15) is 5.69 Å². The van der Waals surface area contributed by atoms with E-state index in [1.165, 1.54) is 0 Å². The van der Waals surface area contributed by atoms with Crippen LogP contribution >= 0.6 is 0 Å². The highest BCUT2D eigenvalue weighted by Crippen LogP contribution is 2.20. The predicted molar refractivity (Wildman–Crippen MR) is 96.6 cm³/mol. The zero-order chi connectivity index (χ0) is 17.8. The molecule has 2 saturated heterocycles. The van der Waals surface area contributed by atoms with Crippen LogP contribution in [0.2, 0.25) is 0 Å². The van der Waals surface area contributed by atoms with Gasteiger partial charge in [0.05, 0.1) is 19.8 Å². The maximum atomic E-state index is 12.5. The van der Waals surface area contributed by atoms with Crippen molar-refractivity contribution in [1.82, 2.24) is 19.9 Å². The first-order chi connectivity index (χ1) is 12.8. The third-order valence-electron chi connectivity index (χ3n) is 4.93. The van der Waals surface area contributed by atoms with Crippen LogP contribution in [-0.4, -0.2) is 78.4 Å². The highest BCUT2D eigenvalue weighted by Gasteiger charge is 2.26. The number of nitrogens with zero attached hydrogens (tertiary/aromatic N) is 4. The van der Waals surface area contributed by atoms with Gasteiger partial charge in [0.15, 0.2) is 5.76 Å². The van der Waals surface area contributed by atoms with E-state index in [2.05, 4.69) is 10.1 Å². The first-order valence-corrected chi connectivity index (χ1v) is 9.14. The molecule has 4 rings (SSSR count). The summed E-state index contributed by atoms with van der Waals surface area (Å²) in [4.78, 5) is 18.7. The molecule has 1 aromatic heterocycles. The Morgan fingerprint density at radius 1 is 0.962 bits per heavy atom. The number of piperazine rings is 1. The molecule has 2 amide bonds. The van der Waals surface area contributed by atoms with E-state index in [-0.39, 0.29) is 6.03 Å². The normalized spacial score (nSPS) is 18.9. The summed E-state index contributed by atoms with van der Waals surface area (Å²) in [6.45, 7) is 6.57. The van der Waals surface area contributed by atoms with Crippen LogP contribution in [0.25, 0.3) is 11.3 Å². The average Bonchev–Trinajstić information content (AvgIpc) is 3.18. The zero-order valence-corrected chi connectivity index (χ0v) is 14.8. The van der Waals surface area contributed by atoms with Gasteiger partial charge in [0, 0.05) is 50.9 Å². The van der Waals surface area contributed by atoms with Crippen LogP contribution in [0.15, 0.2) is 40.9 Å². The summed E-state index contributed by atoms with van der Waals surface area (Å²) < 4.78 is 10.8. The van der Waals surface area contributed by atoms with E-state index in [9.17, 15) is 4.79 Å². The van der Waals surface area contributed by atoms with Gasteiger partial charge in [-0.25, -0.2) is 4.79 Å². The van der Waals surface area contributed by atoms with Crippen molar-refractivity contribution in [3.05, 3.63) is 42.2 Å². The van der Waals surface area contributed by atoms with Gasteiger partial charge in [0.2, 0.25) is 0 Å². The third-order valence-corrected chi connectivity index (χ3v) is 4.93. The van der Waals surface area contributed by atoms with E-state index in [0.717, 1.165) is 49.7 Å². The van der Waals surface area contributed by atoms with Crippen molar-refractivity contribution in [2.24, 2.45) is 0 Å². The Balaban J connectivity index is 1.29. The molecule has 0 N–H and O–H groups in total. The van der Waals surface area contributed by atoms with Crippen LogP contribution in [0, 0.1) is 0 Å². The number of carbonyl (C=O) groups excluding carboxylic acids is 1. The highest BCUT2D eigenvalue weighted by molar-refractivity contribution is 5.74. The fourth-order valence-corrected chi connectivity index (χ4v) is 3.40. The lowest BCUT2D eigenvalue weighted by Crippen LogP contribution is -2.54. The van der Waals surface area contributed by atoms with Gasteiger partial charge in [-0.15, -0.1) is 0 Å². The number of amides is 2. The predicted octanol–water partition coefficient (Wildman–Crippen LogP) is 1.91. The number of benzene rings is 1. The molecular weight excluding hydrogens is 332 g/mol. The Morgan fingerprint density at radius 3 is 2.38 bits per heavy atom. The van der Waals surface area contributed by atoms with Crippen molar-refractivity contribution >= 4 is 6.03 Å². The summed E-state index contributed by atoms with van der Waals surface area (Å²) in [5.74, 6) is 0.858. The molecule has 3 heterocycles. The quantitative estimate of drug-likeness (QED) is 0.841. The number of morpholine rings is 1. The fourth-order valence-electron chi connectivity index (χ4n) is 3.40. The van der Waals surface area contributed by atoms with Crippen molar-refractivity contribution in [1.29, 1.82) is 0 Å².